The Bertz CT molecular complexity index is 752. The van der Waals surface area contributed by atoms with Crippen molar-refractivity contribution in [3.63, 3.8) is 0 Å². The standard InChI is InChI=1S/C20H21FN2O2/c1-13(2)18(14-7-9-15(21)10-8-14)22-11-12-23-19(24)16-5-3-4-6-17(16)20(23)25/h3-10,13,18,22H,11-12H2,1-2H3/p+1/t18-/m0/s1. The number of quaternary nitrogens is 1. The Morgan fingerprint density at radius 2 is 1.52 bits per heavy atom. The third-order valence-corrected chi connectivity index (χ3v) is 4.62. The molecule has 1 aliphatic heterocycles. The van der Waals surface area contributed by atoms with Crippen molar-refractivity contribution in [2.24, 2.45) is 5.92 Å². The summed E-state index contributed by atoms with van der Waals surface area (Å²) in [4.78, 5) is 26.1. The maximum absolute atomic E-state index is 13.1. The topological polar surface area (TPSA) is 54.0 Å². The molecule has 0 bridgehead atoms. The van der Waals surface area contributed by atoms with E-state index in [4.69, 9.17) is 0 Å². The molecule has 0 unspecified atom stereocenters. The lowest BCUT2D eigenvalue weighted by Crippen LogP contribution is -2.87. The van der Waals surface area contributed by atoms with Crippen molar-refractivity contribution in [1.82, 2.24) is 4.90 Å². The fourth-order valence-electron chi connectivity index (χ4n) is 3.30. The summed E-state index contributed by atoms with van der Waals surface area (Å²) in [6.45, 7) is 5.17. The van der Waals surface area contributed by atoms with E-state index in [-0.39, 0.29) is 23.7 Å². The van der Waals surface area contributed by atoms with Crippen molar-refractivity contribution < 1.29 is 19.3 Å². The molecular weight excluding hydrogens is 319 g/mol. The van der Waals surface area contributed by atoms with E-state index in [2.05, 4.69) is 19.2 Å². The van der Waals surface area contributed by atoms with E-state index < -0.39 is 0 Å². The van der Waals surface area contributed by atoms with Gasteiger partial charge in [0, 0.05) is 11.5 Å². The first-order chi connectivity index (χ1) is 12.0. The van der Waals surface area contributed by atoms with Crippen LogP contribution in [0.5, 0.6) is 0 Å². The molecule has 3 rings (SSSR count). The number of imide groups is 1. The van der Waals surface area contributed by atoms with E-state index in [9.17, 15) is 14.0 Å². The average Bonchev–Trinajstić information content (AvgIpc) is 2.84. The predicted octanol–water partition coefficient (Wildman–Crippen LogP) is 2.38. The zero-order chi connectivity index (χ0) is 18.0. The Labute approximate surface area is 146 Å². The van der Waals surface area contributed by atoms with Crippen LogP contribution in [0.4, 0.5) is 4.39 Å². The predicted molar refractivity (Wildman–Crippen MR) is 92.6 cm³/mol. The third-order valence-electron chi connectivity index (χ3n) is 4.62. The van der Waals surface area contributed by atoms with Gasteiger partial charge in [0.1, 0.15) is 11.9 Å². The first kappa shape index (κ1) is 17.3. The fraction of sp³-hybridized carbons (Fsp3) is 0.300. The molecular formula is C20H22FN2O2+. The summed E-state index contributed by atoms with van der Waals surface area (Å²) in [5.74, 6) is -0.362. The number of fused-ring (bicyclic) bond motifs is 1. The minimum Gasteiger partial charge on any atom is -0.338 e. The number of nitrogens with zero attached hydrogens (tertiary/aromatic N) is 1. The highest BCUT2D eigenvalue weighted by atomic mass is 19.1. The Balaban J connectivity index is 1.65. The lowest BCUT2D eigenvalue weighted by atomic mass is 9.96. The fourth-order valence-corrected chi connectivity index (χ4v) is 3.30. The number of nitrogens with two attached hydrogens (primary N) is 1. The van der Waals surface area contributed by atoms with Crippen molar-refractivity contribution in [3.05, 3.63) is 71.0 Å². The van der Waals surface area contributed by atoms with Gasteiger partial charge in [-0.2, -0.15) is 0 Å². The highest BCUT2D eigenvalue weighted by Crippen LogP contribution is 2.22. The molecule has 2 N–H and O–H groups in total. The largest absolute Gasteiger partial charge is 0.338 e. The van der Waals surface area contributed by atoms with Crippen LogP contribution >= 0.6 is 0 Å². The molecule has 0 radical (unpaired) electrons. The summed E-state index contributed by atoms with van der Waals surface area (Å²) in [5.41, 5.74) is 2.00. The molecule has 2 aromatic rings. The second kappa shape index (κ2) is 7.15. The summed E-state index contributed by atoms with van der Waals surface area (Å²) in [6.07, 6.45) is 0. The van der Waals surface area contributed by atoms with Gasteiger partial charge in [-0.05, 0) is 24.3 Å². The minimum atomic E-state index is -0.253. The van der Waals surface area contributed by atoms with Gasteiger partial charge in [-0.25, -0.2) is 4.39 Å². The van der Waals surface area contributed by atoms with Crippen LogP contribution in [0.3, 0.4) is 0 Å². The van der Waals surface area contributed by atoms with Gasteiger partial charge in [-0.15, -0.1) is 0 Å². The number of rotatable bonds is 6. The van der Waals surface area contributed by atoms with Crippen LogP contribution in [0.2, 0.25) is 0 Å². The molecule has 0 aliphatic carbocycles. The highest BCUT2D eigenvalue weighted by molar-refractivity contribution is 6.21. The number of hydrogen-bond acceptors (Lipinski definition) is 2. The molecule has 1 atom stereocenters. The maximum atomic E-state index is 13.1. The molecule has 2 amide bonds. The summed E-state index contributed by atoms with van der Waals surface area (Å²) >= 11 is 0. The Kier molecular flexibility index (Phi) is 4.95. The van der Waals surface area contributed by atoms with Gasteiger partial charge in [-0.3, -0.25) is 14.5 Å². The van der Waals surface area contributed by atoms with Crippen LogP contribution in [0.1, 0.15) is 46.2 Å². The quantitative estimate of drug-likeness (QED) is 0.820. The maximum Gasteiger partial charge on any atom is 0.261 e. The lowest BCUT2D eigenvalue weighted by Gasteiger charge is -2.21. The van der Waals surface area contributed by atoms with Crippen LogP contribution < -0.4 is 5.32 Å². The highest BCUT2D eigenvalue weighted by Gasteiger charge is 2.35. The zero-order valence-electron chi connectivity index (χ0n) is 14.4. The Hall–Kier alpha value is -2.53. The number of amides is 2. The van der Waals surface area contributed by atoms with Crippen LogP contribution in [-0.4, -0.2) is 29.8 Å². The number of benzene rings is 2. The van der Waals surface area contributed by atoms with Crippen molar-refractivity contribution in [2.45, 2.75) is 19.9 Å². The Morgan fingerprint density at radius 1 is 0.960 bits per heavy atom. The molecule has 5 heteroatoms. The van der Waals surface area contributed by atoms with E-state index in [1.165, 1.54) is 17.0 Å². The lowest BCUT2D eigenvalue weighted by molar-refractivity contribution is -0.701. The van der Waals surface area contributed by atoms with E-state index in [1.807, 2.05) is 0 Å². The van der Waals surface area contributed by atoms with Crippen LogP contribution in [0.25, 0.3) is 0 Å². The normalized spacial score (nSPS) is 15.0. The van der Waals surface area contributed by atoms with Crippen LogP contribution in [0, 0.1) is 11.7 Å². The van der Waals surface area contributed by atoms with Gasteiger partial charge < -0.3 is 5.32 Å². The number of carbonyl (C=O) groups excluding carboxylic acids is 2. The van der Waals surface area contributed by atoms with Crippen molar-refractivity contribution in [3.8, 4) is 0 Å². The van der Waals surface area contributed by atoms with Crippen molar-refractivity contribution in [2.75, 3.05) is 13.1 Å². The molecule has 130 valence electrons. The third kappa shape index (κ3) is 3.46. The van der Waals surface area contributed by atoms with Crippen molar-refractivity contribution in [1.29, 1.82) is 0 Å². The van der Waals surface area contributed by atoms with Gasteiger partial charge >= 0.3 is 0 Å². The van der Waals surface area contributed by atoms with E-state index in [0.29, 0.717) is 30.1 Å². The molecule has 0 aromatic heterocycles. The molecule has 1 heterocycles. The summed E-state index contributed by atoms with van der Waals surface area (Å²) in [7, 11) is 0. The second-order valence-corrected chi connectivity index (χ2v) is 6.65. The van der Waals surface area contributed by atoms with Gasteiger partial charge in [0.2, 0.25) is 0 Å². The van der Waals surface area contributed by atoms with Gasteiger partial charge in [0.05, 0.1) is 24.2 Å². The molecule has 0 spiro atoms. The summed E-state index contributed by atoms with van der Waals surface area (Å²) < 4.78 is 13.1. The van der Waals surface area contributed by atoms with Gasteiger partial charge in [0.15, 0.2) is 0 Å². The van der Waals surface area contributed by atoms with Gasteiger partial charge in [0.25, 0.3) is 11.8 Å². The van der Waals surface area contributed by atoms with Gasteiger partial charge in [-0.1, -0.05) is 38.1 Å². The molecule has 0 saturated heterocycles. The van der Waals surface area contributed by atoms with Crippen molar-refractivity contribution >= 4 is 11.8 Å². The van der Waals surface area contributed by atoms with Crippen LogP contribution in [-0.2, 0) is 0 Å². The molecule has 1 aliphatic rings. The number of carbonyl (C=O) groups is 2. The van der Waals surface area contributed by atoms with E-state index in [0.717, 1.165) is 5.56 Å². The molecule has 25 heavy (non-hydrogen) atoms. The van der Waals surface area contributed by atoms with E-state index >= 15 is 0 Å². The first-order valence-corrected chi connectivity index (χ1v) is 8.53. The number of halogens is 1. The van der Waals surface area contributed by atoms with Crippen LogP contribution in [0.15, 0.2) is 48.5 Å². The molecule has 0 saturated carbocycles. The molecule has 2 aromatic carbocycles. The Morgan fingerprint density at radius 3 is 2.04 bits per heavy atom. The summed E-state index contributed by atoms with van der Waals surface area (Å²) in [5, 5.41) is 2.11. The SMILES string of the molecule is CC(C)[C@H]([NH2+]CCN1C(=O)c2ccccc2C1=O)c1ccc(F)cc1. The smallest absolute Gasteiger partial charge is 0.261 e. The minimum absolute atomic E-state index is 0.149. The summed E-state index contributed by atoms with van der Waals surface area (Å²) in [6, 6.07) is 13.6. The molecule has 0 fully saturated rings. The molecule has 4 nitrogen and oxygen atoms in total. The second-order valence-electron chi connectivity index (χ2n) is 6.65. The van der Waals surface area contributed by atoms with E-state index in [1.54, 1.807) is 36.4 Å². The monoisotopic (exact) mass is 341 g/mol. The number of hydrogen-bond donors (Lipinski definition) is 1. The zero-order valence-corrected chi connectivity index (χ0v) is 14.4. The first-order valence-electron chi connectivity index (χ1n) is 8.53. The average molecular weight is 341 g/mol.